The third-order valence-corrected chi connectivity index (χ3v) is 3.75. The highest BCUT2D eigenvalue weighted by Crippen LogP contribution is 2.18. The lowest BCUT2D eigenvalue weighted by Crippen LogP contribution is -2.34. The van der Waals surface area contributed by atoms with Crippen molar-refractivity contribution < 1.29 is 14.3 Å². The number of nitrogens with zero attached hydrogens (tertiary/aromatic N) is 1. The molecule has 3 amide bonds. The molecule has 0 bridgehead atoms. The zero-order chi connectivity index (χ0) is 14.7. The van der Waals surface area contributed by atoms with Gasteiger partial charge in [0.1, 0.15) is 18.4 Å². The Bertz CT molecular complexity index is 523. The van der Waals surface area contributed by atoms with E-state index in [0.717, 1.165) is 37.2 Å². The number of carbonyl (C=O) groups excluding carboxylic acids is 2. The molecule has 2 fully saturated rings. The number of hydrogen-bond acceptors (Lipinski definition) is 4. The van der Waals surface area contributed by atoms with E-state index < -0.39 is 0 Å². The first-order valence-electron chi connectivity index (χ1n) is 7.26. The number of carbonyl (C=O) groups is 2. The van der Waals surface area contributed by atoms with Crippen LogP contribution in [0.5, 0.6) is 5.75 Å². The molecule has 6 heteroatoms. The fourth-order valence-corrected chi connectivity index (χ4v) is 2.61. The molecule has 0 atom stereocenters. The Balaban J connectivity index is 1.56. The Kier molecular flexibility index (Phi) is 4.06. The molecule has 2 heterocycles. The van der Waals surface area contributed by atoms with E-state index in [1.54, 1.807) is 0 Å². The van der Waals surface area contributed by atoms with E-state index in [0.29, 0.717) is 6.54 Å². The van der Waals surface area contributed by atoms with Gasteiger partial charge in [-0.3, -0.25) is 10.1 Å². The van der Waals surface area contributed by atoms with E-state index >= 15 is 0 Å². The van der Waals surface area contributed by atoms with Crippen molar-refractivity contribution in [3.63, 3.8) is 0 Å². The lowest BCUT2D eigenvalue weighted by Gasteiger charge is -2.24. The highest BCUT2D eigenvalue weighted by molar-refractivity contribution is 6.01. The van der Waals surface area contributed by atoms with Crippen LogP contribution in [0.1, 0.15) is 18.4 Å². The molecular formula is C15H19N3O3. The van der Waals surface area contributed by atoms with Crippen molar-refractivity contribution in [2.24, 2.45) is 0 Å². The molecule has 0 aliphatic carbocycles. The van der Waals surface area contributed by atoms with Gasteiger partial charge in [0.05, 0.1) is 0 Å². The molecule has 0 radical (unpaired) electrons. The number of rotatable bonds is 4. The molecule has 0 aromatic heterocycles. The molecule has 2 aliphatic rings. The van der Waals surface area contributed by atoms with Gasteiger partial charge in [-0.1, -0.05) is 12.1 Å². The number of benzene rings is 1. The fourth-order valence-electron chi connectivity index (χ4n) is 2.61. The number of nitrogens with one attached hydrogen (secondary N) is 2. The van der Waals surface area contributed by atoms with Crippen LogP contribution in [0.2, 0.25) is 0 Å². The molecule has 1 aromatic rings. The Morgan fingerprint density at radius 1 is 1.14 bits per heavy atom. The van der Waals surface area contributed by atoms with E-state index in [9.17, 15) is 9.59 Å². The minimum Gasteiger partial charge on any atom is -0.490 e. The van der Waals surface area contributed by atoms with Gasteiger partial charge in [0.2, 0.25) is 5.91 Å². The molecule has 2 saturated heterocycles. The Hall–Kier alpha value is -2.08. The predicted octanol–water partition coefficient (Wildman–Crippen LogP) is 0.869. The largest absolute Gasteiger partial charge is 0.490 e. The van der Waals surface area contributed by atoms with Gasteiger partial charge in [0.15, 0.2) is 0 Å². The van der Waals surface area contributed by atoms with Gasteiger partial charge < -0.3 is 15.0 Å². The molecule has 1 aromatic carbocycles. The lowest BCUT2D eigenvalue weighted by atomic mass is 10.1. The van der Waals surface area contributed by atoms with E-state index in [4.69, 9.17) is 4.74 Å². The van der Waals surface area contributed by atoms with Crippen molar-refractivity contribution >= 4 is 11.9 Å². The van der Waals surface area contributed by atoms with Crippen LogP contribution in [0, 0.1) is 0 Å². The van der Waals surface area contributed by atoms with E-state index in [1.807, 2.05) is 24.3 Å². The molecule has 6 nitrogen and oxygen atoms in total. The number of urea groups is 1. The maximum Gasteiger partial charge on any atom is 0.324 e. The summed E-state index contributed by atoms with van der Waals surface area (Å²) in [5.41, 5.74) is 0.984. The summed E-state index contributed by atoms with van der Waals surface area (Å²) in [7, 11) is 0. The van der Waals surface area contributed by atoms with Gasteiger partial charge >= 0.3 is 6.03 Å². The van der Waals surface area contributed by atoms with Gasteiger partial charge in [-0.2, -0.15) is 0 Å². The fraction of sp³-hybridized carbons (Fsp3) is 0.467. The average molecular weight is 289 g/mol. The Morgan fingerprint density at radius 2 is 1.86 bits per heavy atom. The van der Waals surface area contributed by atoms with Gasteiger partial charge in [0.25, 0.3) is 0 Å². The molecule has 0 saturated carbocycles. The maximum atomic E-state index is 11.5. The average Bonchev–Trinajstić information content (AvgIpc) is 2.80. The molecule has 21 heavy (non-hydrogen) atoms. The minimum absolute atomic E-state index is 0.131. The molecular weight excluding hydrogens is 270 g/mol. The first-order chi connectivity index (χ1) is 10.2. The summed E-state index contributed by atoms with van der Waals surface area (Å²) in [5, 5.41) is 5.58. The third-order valence-electron chi connectivity index (χ3n) is 3.75. The second-order valence-corrected chi connectivity index (χ2v) is 5.42. The van der Waals surface area contributed by atoms with Crippen LogP contribution >= 0.6 is 0 Å². The van der Waals surface area contributed by atoms with Crippen LogP contribution in [-0.2, 0) is 11.3 Å². The van der Waals surface area contributed by atoms with Crippen LogP contribution in [0.25, 0.3) is 0 Å². The number of amides is 3. The minimum atomic E-state index is -0.324. The zero-order valence-electron chi connectivity index (χ0n) is 11.8. The molecule has 2 aliphatic heterocycles. The normalized spacial score (nSPS) is 19.7. The van der Waals surface area contributed by atoms with Gasteiger partial charge in [-0.25, -0.2) is 4.79 Å². The van der Waals surface area contributed by atoms with Gasteiger partial charge in [-0.05, 0) is 43.6 Å². The zero-order valence-corrected chi connectivity index (χ0v) is 11.8. The molecule has 0 unspecified atom stereocenters. The van der Waals surface area contributed by atoms with Crippen molar-refractivity contribution in [3.05, 3.63) is 29.8 Å². The van der Waals surface area contributed by atoms with E-state index in [1.165, 1.54) is 4.90 Å². The van der Waals surface area contributed by atoms with Crippen LogP contribution < -0.4 is 15.4 Å². The van der Waals surface area contributed by atoms with E-state index in [2.05, 4.69) is 10.6 Å². The van der Waals surface area contributed by atoms with Crippen LogP contribution in [0.15, 0.2) is 24.3 Å². The first kappa shape index (κ1) is 13.9. The van der Waals surface area contributed by atoms with Crippen LogP contribution in [0.4, 0.5) is 4.79 Å². The van der Waals surface area contributed by atoms with Crippen molar-refractivity contribution in [1.82, 2.24) is 15.5 Å². The monoisotopic (exact) mass is 289 g/mol. The van der Waals surface area contributed by atoms with E-state index in [-0.39, 0.29) is 24.6 Å². The second-order valence-electron chi connectivity index (χ2n) is 5.42. The Labute approximate surface area is 123 Å². The summed E-state index contributed by atoms with van der Waals surface area (Å²) in [5.74, 6) is 0.610. The first-order valence-corrected chi connectivity index (χ1v) is 7.26. The highest BCUT2D eigenvalue weighted by atomic mass is 16.5. The molecule has 2 N–H and O–H groups in total. The Morgan fingerprint density at radius 3 is 2.48 bits per heavy atom. The summed E-state index contributed by atoms with van der Waals surface area (Å²) in [4.78, 5) is 24.1. The molecule has 0 spiro atoms. The summed E-state index contributed by atoms with van der Waals surface area (Å²) >= 11 is 0. The lowest BCUT2D eigenvalue weighted by molar-refractivity contribution is -0.118. The number of piperidine rings is 1. The smallest absolute Gasteiger partial charge is 0.324 e. The molecule has 3 rings (SSSR count). The second kappa shape index (κ2) is 6.13. The highest BCUT2D eigenvalue weighted by Gasteiger charge is 2.26. The SMILES string of the molecule is O=C1CN(Cc2ccc(OC3CCNCC3)cc2)C(=O)N1. The van der Waals surface area contributed by atoms with Crippen molar-refractivity contribution in [2.45, 2.75) is 25.5 Å². The van der Waals surface area contributed by atoms with Crippen molar-refractivity contribution in [3.8, 4) is 5.75 Å². The van der Waals surface area contributed by atoms with Crippen molar-refractivity contribution in [1.29, 1.82) is 0 Å². The number of imide groups is 1. The van der Waals surface area contributed by atoms with Crippen LogP contribution in [-0.4, -0.2) is 42.6 Å². The number of ether oxygens (including phenoxy) is 1. The van der Waals surface area contributed by atoms with Gasteiger partial charge in [-0.15, -0.1) is 0 Å². The predicted molar refractivity (Wildman–Crippen MR) is 76.9 cm³/mol. The van der Waals surface area contributed by atoms with Crippen molar-refractivity contribution in [2.75, 3.05) is 19.6 Å². The standard InChI is InChI=1S/C15H19N3O3/c19-14-10-18(15(20)17-14)9-11-1-3-12(4-2-11)21-13-5-7-16-8-6-13/h1-4,13,16H,5-10H2,(H,17,19,20). The summed E-state index contributed by atoms with van der Waals surface area (Å²) < 4.78 is 5.93. The van der Waals surface area contributed by atoms with Gasteiger partial charge in [0, 0.05) is 6.54 Å². The maximum absolute atomic E-state index is 11.5. The number of hydrogen-bond donors (Lipinski definition) is 2. The summed E-state index contributed by atoms with van der Waals surface area (Å²) in [6.07, 6.45) is 2.33. The molecule has 112 valence electrons. The summed E-state index contributed by atoms with van der Waals surface area (Å²) in [6, 6.07) is 7.40. The summed E-state index contributed by atoms with van der Waals surface area (Å²) in [6.45, 7) is 2.57. The topological polar surface area (TPSA) is 70.7 Å². The quantitative estimate of drug-likeness (QED) is 0.807. The third kappa shape index (κ3) is 3.52. The van der Waals surface area contributed by atoms with Crippen LogP contribution in [0.3, 0.4) is 0 Å².